The highest BCUT2D eigenvalue weighted by Gasteiger charge is 2.01. The molecule has 0 saturated carbocycles. The Morgan fingerprint density at radius 3 is 2.46 bits per heavy atom. The molecule has 5 nitrogen and oxygen atoms in total. The first-order chi connectivity index (χ1) is 13.5. The fraction of sp³-hybridized carbons (Fsp3) is 0.478. The van der Waals surface area contributed by atoms with E-state index in [-0.39, 0.29) is 5.56 Å². The highest BCUT2D eigenvalue weighted by Crippen LogP contribution is 2.09. The molecule has 0 aliphatic rings. The van der Waals surface area contributed by atoms with Gasteiger partial charge in [-0.05, 0) is 58.6 Å². The summed E-state index contributed by atoms with van der Waals surface area (Å²) in [5, 5.41) is 6.72. The Morgan fingerprint density at radius 2 is 1.79 bits per heavy atom. The third-order valence-electron chi connectivity index (χ3n) is 4.66. The van der Waals surface area contributed by atoms with Gasteiger partial charge in [0.25, 0.3) is 5.56 Å². The predicted octanol–water partition coefficient (Wildman–Crippen LogP) is 3.35. The average Bonchev–Trinajstić information content (AvgIpc) is 2.62. The molecule has 1 aromatic heterocycles. The van der Waals surface area contributed by atoms with Crippen LogP contribution in [-0.4, -0.2) is 30.2 Å². The summed E-state index contributed by atoms with van der Waals surface area (Å²) in [6.07, 6.45) is 2.87. The van der Waals surface area contributed by atoms with Crippen molar-refractivity contribution in [2.75, 3.05) is 19.6 Å². The van der Waals surface area contributed by atoms with E-state index in [9.17, 15) is 4.79 Å². The zero-order chi connectivity index (χ0) is 20.4. The first-order valence-electron chi connectivity index (χ1n) is 10.3. The number of aryl methyl sites for hydroxylation is 3. The molecule has 0 bridgehead atoms. The molecule has 2 aromatic rings. The minimum Gasteiger partial charge on any atom is -0.357 e. The summed E-state index contributed by atoms with van der Waals surface area (Å²) in [4.78, 5) is 16.6. The van der Waals surface area contributed by atoms with Crippen molar-refractivity contribution in [2.24, 2.45) is 4.99 Å². The number of hydrogen-bond acceptors (Lipinski definition) is 2. The number of hydrogen-bond donors (Lipinski definition) is 2. The van der Waals surface area contributed by atoms with Crippen molar-refractivity contribution in [2.45, 2.75) is 53.5 Å². The molecule has 1 heterocycles. The average molecular weight is 383 g/mol. The molecule has 0 amide bonds. The quantitative estimate of drug-likeness (QED) is 0.397. The van der Waals surface area contributed by atoms with Crippen molar-refractivity contribution in [3.05, 3.63) is 69.1 Å². The van der Waals surface area contributed by atoms with Gasteiger partial charge in [0.2, 0.25) is 0 Å². The molecule has 2 N–H and O–H groups in total. The summed E-state index contributed by atoms with van der Waals surface area (Å²) in [5.41, 5.74) is 5.05. The van der Waals surface area contributed by atoms with E-state index < -0.39 is 0 Å². The second-order valence-electron chi connectivity index (χ2n) is 7.30. The van der Waals surface area contributed by atoms with Crippen LogP contribution < -0.4 is 16.2 Å². The number of unbranched alkanes of at least 4 members (excludes halogenated alkanes) is 1. The van der Waals surface area contributed by atoms with E-state index in [1.165, 1.54) is 16.7 Å². The summed E-state index contributed by atoms with van der Waals surface area (Å²) in [6, 6.07) is 12.1. The van der Waals surface area contributed by atoms with Crippen LogP contribution in [-0.2, 0) is 13.0 Å². The van der Waals surface area contributed by atoms with Gasteiger partial charge in [0.05, 0.1) is 0 Å². The number of nitrogens with one attached hydrogen (secondary N) is 2. The molecule has 0 unspecified atom stereocenters. The van der Waals surface area contributed by atoms with Crippen molar-refractivity contribution in [1.82, 2.24) is 15.2 Å². The van der Waals surface area contributed by atoms with Crippen molar-refractivity contribution in [1.29, 1.82) is 0 Å². The number of rotatable bonds is 9. The second-order valence-corrected chi connectivity index (χ2v) is 7.30. The molecule has 0 saturated heterocycles. The van der Waals surface area contributed by atoms with Gasteiger partial charge in [-0.1, -0.05) is 35.4 Å². The second kappa shape index (κ2) is 11.3. The molecule has 5 heteroatoms. The Morgan fingerprint density at radius 1 is 1.04 bits per heavy atom. The Bertz CT molecular complexity index is 818. The van der Waals surface area contributed by atoms with E-state index in [1.807, 2.05) is 23.6 Å². The standard InChI is InChI=1S/C23H34N4O/c1-5-24-23(26-13-11-21-16-18(2)15-19(3)17-21)25-12-6-7-14-27-20(4)9-8-10-22(27)28/h8-10,15-17H,5-7,11-14H2,1-4H3,(H2,24,25,26). The van der Waals surface area contributed by atoms with Crippen LogP contribution in [0.5, 0.6) is 0 Å². The molecule has 2 rings (SSSR count). The molecule has 0 radical (unpaired) electrons. The Kier molecular flexibility index (Phi) is 8.79. The minimum absolute atomic E-state index is 0.0740. The molecule has 0 atom stereocenters. The number of nitrogens with zero attached hydrogens (tertiary/aromatic N) is 2. The summed E-state index contributed by atoms with van der Waals surface area (Å²) < 4.78 is 1.83. The summed E-state index contributed by atoms with van der Waals surface area (Å²) in [5.74, 6) is 0.861. The number of benzene rings is 1. The van der Waals surface area contributed by atoms with Crippen LogP contribution in [0.3, 0.4) is 0 Å². The Balaban J connectivity index is 1.77. The summed E-state index contributed by atoms with van der Waals surface area (Å²) in [6.45, 7) is 11.5. The van der Waals surface area contributed by atoms with Crippen LogP contribution in [0, 0.1) is 20.8 Å². The van der Waals surface area contributed by atoms with Crippen molar-refractivity contribution < 1.29 is 0 Å². The monoisotopic (exact) mass is 382 g/mol. The predicted molar refractivity (Wildman–Crippen MR) is 118 cm³/mol. The van der Waals surface area contributed by atoms with Gasteiger partial charge in [-0.2, -0.15) is 0 Å². The fourth-order valence-corrected chi connectivity index (χ4v) is 3.36. The highest BCUT2D eigenvalue weighted by molar-refractivity contribution is 5.79. The number of pyridine rings is 1. The largest absolute Gasteiger partial charge is 0.357 e. The van der Waals surface area contributed by atoms with Crippen LogP contribution in [0.4, 0.5) is 0 Å². The van der Waals surface area contributed by atoms with Gasteiger partial charge in [0.15, 0.2) is 5.96 Å². The molecular weight excluding hydrogens is 348 g/mol. The van der Waals surface area contributed by atoms with Crippen molar-refractivity contribution >= 4 is 5.96 Å². The van der Waals surface area contributed by atoms with Gasteiger partial charge >= 0.3 is 0 Å². The lowest BCUT2D eigenvalue weighted by atomic mass is 10.1. The SMILES string of the molecule is CCNC(=NCCCCn1c(C)cccc1=O)NCCc1cc(C)cc(C)c1. The van der Waals surface area contributed by atoms with Gasteiger partial charge in [0, 0.05) is 37.9 Å². The van der Waals surface area contributed by atoms with Gasteiger partial charge < -0.3 is 15.2 Å². The maximum Gasteiger partial charge on any atom is 0.250 e. The Hall–Kier alpha value is -2.56. The van der Waals surface area contributed by atoms with Crippen LogP contribution in [0.25, 0.3) is 0 Å². The van der Waals surface area contributed by atoms with Gasteiger partial charge in [0.1, 0.15) is 0 Å². The third-order valence-corrected chi connectivity index (χ3v) is 4.66. The molecule has 152 valence electrons. The first kappa shape index (κ1) is 21.7. The summed E-state index contributed by atoms with van der Waals surface area (Å²) >= 11 is 0. The maximum atomic E-state index is 11.9. The zero-order valence-corrected chi connectivity index (χ0v) is 17.7. The van der Waals surface area contributed by atoms with E-state index in [2.05, 4.69) is 54.6 Å². The molecule has 1 aromatic carbocycles. The smallest absolute Gasteiger partial charge is 0.250 e. The lowest BCUT2D eigenvalue weighted by molar-refractivity contribution is 0.585. The highest BCUT2D eigenvalue weighted by atomic mass is 16.1. The Labute approximate surface area is 168 Å². The normalized spacial score (nSPS) is 11.5. The van der Waals surface area contributed by atoms with E-state index >= 15 is 0 Å². The maximum absolute atomic E-state index is 11.9. The summed E-state index contributed by atoms with van der Waals surface area (Å²) in [7, 11) is 0. The van der Waals surface area contributed by atoms with E-state index in [0.717, 1.165) is 57.1 Å². The third kappa shape index (κ3) is 7.22. The molecule has 0 aliphatic carbocycles. The van der Waals surface area contributed by atoms with Crippen molar-refractivity contribution in [3.63, 3.8) is 0 Å². The lowest BCUT2D eigenvalue weighted by Gasteiger charge is -2.12. The zero-order valence-electron chi connectivity index (χ0n) is 17.7. The van der Waals surface area contributed by atoms with Crippen LogP contribution in [0.15, 0.2) is 46.2 Å². The number of aliphatic imine (C=N–C) groups is 1. The first-order valence-corrected chi connectivity index (χ1v) is 10.3. The minimum atomic E-state index is 0.0740. The van der Waals surface area contributed by atoms with Gasteiger partial charge in [-0.15, -0.1) is 0 Å². The molecule has 0 fully saturated rings. The lowest BCUT2D eigenvalue weighted by Crippen LogP contribution is -2.38. The fourth-order valence-electron chi connectivity index (χ4n) is 3.36. The number of guanidine groups is 1. The van der Waals surface area contributed by atoms with Crippen LogP contribution in [0.2, 0.25) is 0 Å². The topological polar surface area (TPSA) is 58.4 Å². The van der Waals surface area contributed by atoms with E-state index in [0.29, 0.717) is 0 Å². The molecule has 0 spiro atoms. The molecule has 28 heavy (non-hydrogen) atoms. The number of aromatic nitrogens is 1. The van der Waals surface area contributed by atoms with E-state index in [1.54, 1.807) is 6.07 Å². The van der Waals surface area contributed by atoms with Gasteiger partial charge in [-0.25, -0.2) is 0 Å². The van der Waals surface area contributed by atoms with Gasteiger partial charge in [-0.3, -0.25) is 9.79 Å². The van der Waals surface area contributed by atoms with Crippen LogP contribution >= 0.6 is 0 Å². The van der Waals surface area contributed by atoms with E-state index in [4.69, 9.17) is 0 Å². The molecule has 0 aliphatic heterocycles. The van der Waals surface area contributed by atoms with Crippen molar-refractivity contribution in [3.8, 4) is 0 Å². The van der Waals surface area contributed by atoms with Crippen LogP contribution in [0.1, 0.15) is 42.1 Å². The molecular formula is C23H34N4O.